The van der Waals surface area contributed by atoms with Gasteiger partial charge in [-0.3, -0.25) is 4.68 Å². The van der Waals surface area contributed by atoms with E-state index in [1.165, 1.54) is 44.1 Å². The zero-order chi connectivity index (χ0) is 14.4. The van der Waals surface area contributed by atoms with Crippen LogP contribution in [0.25, 0.3) is 0 Å². The molecule has 0 aromatic carbocycles. The molecule has 0 saturated heterocycles. The highest BCUT2D eigenvalue weighted by Gasteiger charge is 2.23. The number of hydrogen-bond acceptors (Lipinski definition) is 2. The van der Waals surface area contributed by atoms with Gasteiger partial charge in [0.15, 0.2) is 0 Å². The molecule has 1 aromatic heterocycles. The molecule has 1 aliphatic carbocycles. The van der Waals surface area contributed by atoms with Crippen LogP contribution in [0, 0.1) is 5.92 Å². The molecule has 3 heteroatoms. The van der Waals surface area contributed by atoms with Gasteiger partial charge in [0.25, 0.3) is 0 Å². The third-order valence-corrected chi connectivity index (χ3v) is 4.78. The first-order chi connectivity index (χ1) is 9.78. The molecule has 3 nitrogen and oxygen atoms in total. The Labute approximate surface area is 124 Å². The van der Waals surface area contributed by atoms with Gasteiger partial charge >= 0.3 is 0 Å². The van der Waals surface area contributed by atoms with E-state index < -0.39 is 0 Å². The van der Waals surface area contributed by atoms with Gasteiger partial charge in [-0.05, 0) is 38.1 Å². The molecule has 0 spiro atoms. The van der Waals surface area contributed by atoms with Gasteiger partial charge in [-0.1, -0.05) is 40.0 Å². The molecule has 1 fully saturated rings. The van der Waals surface area contributed by atoms with Crippen LogP contribution in [0.1, 0.15) is 83.4 Å². The maximum absolute atomic E-state index is 4.66. The number of nitrogens with zero attached hydrogens (tertiary/aromatic N) is 2. The zero-order valence-corrected chi connectivity index (χ0v) is 13.4. The van der Waals surface area contributed by atoms with Crippen molar-refractivity contribution >= 4 is 0 Å². The van der Waals surface area contributed by atoms with Crippen molar-refractivity contribution in [1.82, 2.24) is 15.1 Å². The Morgan fingerprint density at radius 1 is 1.35 bits per heavy atom. The molecule has 114 valence electrons. The predicted molar refractivity (Wildman–Crippen MR) is 84.8 cm³/mol. The Hall–Kier alpha value is -0.830. The Kier molecular flexibility index (Phi) is 6.08. The second kappa shape index (κ2) is 7.82. The van der Waals surface area contributed by atoms with E-state index in [0.717, 1.165) is 18.9 Å². The van der Waals surface area contributed by atoms with E-state index in [-0.39, 0.29) is 0 Å². The predicted octanol–water partition coefficient (Wildman–Crippen LogP) is 4.48. The SMILES string of the molecule is CCCNC(CC)c1cnn(C2CCCC(CC)C2)c1. The smallest absolute Gasteiger partial charge is 0.0537 e. The van der Waals surface area contributed by atoms with Crippen LogP contribution in [-0.2, 0) is 0 Å². The molecular weight excluding hydrogens is 246 g/mol. The third kappa shape index (κ3) is 3.85. The highest BCUT2D eigenvalue weighted by molar-refractivity contribution is 5.10. The van der Waals surface area contributed by atoms with Crippen LogP contribution >= 0.6 is 0 Å². The minimum atomic E-state index is 0.467. The van der Waals surface area contributed by atoms with E-state index in [1.807, 2.05) is 0 Å². The second-order valence-electron chi connectivity index (χ2n) is 6.26. The number of hydrogen-bond donors (Lipinski definition) is 1. The standard InChI is InChI=1S/C17H31N3/c1-4-10-18-17(6-3)15-12-19-20(13-15)16-9-7-8-14(5-2)11-16/h12-14,16-18H,4-11H2,1-3H3. The van der Waals surface area contributed by atoms with Crippen molar-refractivity contribution in [3.8, 4) is 0 Å². The highest BCUT2D eigenvalue weighted by Crippen LogP contribution is 2.34. The van der Waals surface area contributed by atoms with E-state index in [2.05, 4.69) is 48.3 Å². The molecule has 0 radical (unpaired) electrons. The molecule has 0 aliphatic heterocycles. The molecule has 20 heavy (non-hydrogen) atoms. The van der Waals surface area contributed by atoms with Gasteiger partial charge in [0.05, 0.1) is 12.2 Å². The largest absolute Gasteiger partial charge is 0.310 e. The van der Waals surface area contributed by atoms with E-state index in [0.29, 0.717) is 12.1 Å². The van der Waals surface area contributed by atoms with E-state index in [1.54, 1.807) is 0 Å². The normalized spacial score (nSPS) is 24.8. The first-order valence-corrected chi connectivity index (χ1v) is 8.55. The molecule has 1 aromatic rings. The lowest BCUT2D eigenvalue weighted by atomic mass is 9.84. The number of nitrogens with one attached hydrogen (secondary N) is 1. The average molecular weight is 277 g/mol. The van der Waals surface area contributed by atoms with Crippen LogP contribution in [0.2, 0.25) is 0 Å². The summed E-state index contributed by atoms with van der Waals surface area (Å²) in [6, 6.07) is 1.10. The number of rotatable bonds is 7. The van der Waals surface area contributed by atoms with Crippen molar-refractivity contribution in [2.24, 2.45) is 5.92 Å². The quantitative estimate of drug-likeness (QED) is 0.796. The summed E-state index contributed by atoms with van der Waals surface area (Å²) in [6.07, 6.45) is 13.4. The summed E-state index contributed by atoms with van der Waals surface area (Å²) in [5.74, 6) is 0.904. The van der Waals surface area contributed by atoms with Gasteiger partial charge in [0, 0.05) is 17.8 Å². The topological polar surface area (TPSA) is 29.9 Å². The number of aromatic nitrogens is 2. The van der Waals surface area contributed by atoms with Crippen LogP contribution in [0.5, 0.6) is 0 Å². The van der Waals surface area contributed by atoms with Crippen molar-refractivity contribution in [3.05, 3.63) is 18.0 Å². The van der Waals surface area contributed by atoms with Crippen LogP contribution in [-0.4, -0.2) is 16.3 Å². The summed E-state index contributed by atoms with van der Waals surface area (Å²) in [4.78, 5) is 0. The maximum atomic E-state index is 4.66. The second-order valence-corrected chi connectivity index (χ2v) is 6.26. The molecule has 2 rings (SSSR count). The fourth-order valence-corrected chi connectivity index (χ4v) is 3.42. The molecular formula is C17H31N3. The van der Waals surface area contributed by atoms with Crippen molar-refractivity contribution in [2.45, 2.75) is 77.8 Å². The molecule has 1 heterocycles. The average Bonchev–Trinajstić information content (AvgIpc) is 2.98. The molecule has 1 saturated carbocycles. The highest BCUT2D eigenvalue weighted by atomic mass is 15.3. The van der Waals surface area contributed by atoms with Crippen LogP contribution in [0.3, 0.4) is 0 Å². The lowest BCUT2D eigenvalue weighted by molar-refractivity contribution is 0.247. The monoisotopic (exact) mass is 277 g/mol. The fourth-order valence-electron chi connectivity index (χ4n) is 3.42. The van der Waals surface area contributed by atoms with Gasteiger partial charge < -0.3 is 5.32 Å². The Bertz CT molecular complexity index is 385. The minimum Gasteiger partial charge on any atom is -0.310 e. The first-order valence-electron chi connectivity index (χ1n) is 8.55. The molecule has 1 aliphatic rings. The van der Waals surface area contributed by atoms with Gasteiger partial charge in [-0.25, -0.2) is 0 Å². The summed E-state index contributed by atoms with van der Waals surface area (Å²) >= 11 is 0. The van der Waals surface area contributed by atoms with Crippen LogP contribution in [0.15, 0.2) is 12.4 Å². The minimum absolute atomic E-state index is 0.467. The van der Waals surface area contributed by atoms with Gasteiger partial charge in [-0.15, -0.1) is 0 Å². The van der Waals surface area contributed by atoms with E-state index in [4.69, 9.17) is 0 Å². The molecule has 3 atom stereocenters. The van der Waals surface area contributed by atoms with E-state index >= 15 is 0 Å². The Balaban J connectivity index is 2.00. The van der Waals surface area contributed by atoms with Crippen molar-refractivity contribution in [1.29, 1.82) is 0 Å². The van der Waals surface area contributed by atoms with Crippen molar-refractivity contribution < 1.29 is 0 Å². The maximum Gasteiger partial charge on any atom is 0.0537 e. The summed E-state index contributed by atoms with van der Waals surface area (Å²) in [5.41, 5.74) is 1.36. The molecule has 3 unspecified atom stereocenters. The third-order valence-electron chi connectivity index (χ3n) is 4.78. The summed E-state index contributed by atoms with van der Waals surface area (Å²) in [5, 5.41) is 8.28. The van der Waals surface area contributed by atoms with Gasteiger partial charge in [0.2, 0.25) is 0 Å². The fraction of sp³-hybridized carbons (Fsp3) is 0.824. The summed E-state index contributed by atoms with van der Waals surface area (Å²) < 4.78 is 2.24. The van der Waals surface area contributed by atoms with Gasteiger partial charge in [-0.2, -0.15) is 5.10 Å². The lowest BCUT2D eigenvalue weighted by Gasteiger charge is -2.28. The van der Waals surface area contributed by atoms with E-state index in [9.17, 15) is 0 Å². The van der Waals surface area contributed by atoms with Crippen LogP contribution in [0.4, 0.5) is 0 Å². The zero-order valence-electron chi connectivity index (χ0n) is 13.4. The summed E-state index contributed by atoms with van der Waals surface area (Å²) in [7, 11) is 0. The molecule has 0 amide bonds. The summed E-state index contributed by atoms with van der Waals surface area (Å²) in [6.45, 7) is 7.88. The van der Waals surface area contributed by atoms with Crippen LogP contribution < -0.4 is 5.32 Å². The lowest BCUT2D eigenvalue weighted by Crippen LogP contribution is -2.21. The van der Waals surface area contributed by atoms with Gasteiger partial charge in [0.1, 0.15) is 0 Å². The Morgan fingerprint density at radius 3 is 2.90 bits per heavy atom. The Morgan fingerprint density at radius 2 is 2.20 bits per heavy atom. The molecule has 1 N–H and O–H groups in total. The molecule has 0 bridgehead atoms. The van der Waals surface area contributed by atoms with Crippen molar-refractivity contribution in [3.63, 3.8) is 0 Å². The van der Waals surface area contributed by atoms with Crippen molar-refractivity contribution in [2.75, 3.05) is 6.54 Å². The first kappa shape index (κ1) is 15.6.